The molecule has 2 saturated heterocycles. The van der Waals surface area contributed by atoms with Gasteiger partial charge < -0.3 is 20.4 Å². The number of benzene rings is 2. The molecule has 0 unspecified atom stereocenters. The molecule has 0 atom stereocenters. The quantitative estimate of drug-likeness (QED) is 0.578. The predicted octanol–water partition coefficient (Wildman–Crippen LogP) is 2.82. The highest BCUT2D eigenvalue weighted by Crippen LogP contribution is 2.16. The molecule has 7 heteroatoms. The van der Waals surface area contributed by atoms with Crippen molar-refractivity contribution in [2.45, 2.75) is 32.4 Å². The Kier molecular flexibility index (Phi) is 8.19. The standard InChI is InChI=1S/C26H35N5O2/c32-25-11-5-14-31(25)21-23-8-4-7-22(19-23)20-28-26(33)27-12-6-13-29-15-17-30(18-16-29)24-9-2-1-3-10-24/h1-4,7-10,19H,5-6,11-18,20-21H2,(H2,27,28,33). The number of para-hydroxylation sites is 1. The van der Waals surface area contributed by atoms with Gasteiger partial charge in [0.2, 0.25) is 5.91 Å². The van der Waals surface area contributed by atoms with Crippen LogP contribution in [0.4, 0.5) is 10.5 Å². The minimum Gasteiger partial charge on any atom is -0.369 e. The first-order chi connectivity index (χ1) is 16.2. The molecule has 2 aliphatic rings. The lowest BCUT2D eigenvalue weighted by atomic mass is 10.1. The van der Waals surface area contributed by atoms with E-state index in [2.05, 4.69) is 56.8 Å². The monoisotopic (exact) mass is 449 g/mol. The predicted molar refractivity (Wildman–Crippen MR) is 131 cm³/mol. The molecular weight excluding hydrogens is 414 g/mol. The van der Waals surface area contributed by atoms with Crippen molar-refractivity contribution in [3.8, 4) is 0 Å². The van der Waals surface area contributed by atoms with Gasteiger partial charge in [0.15, 0.2) is 0 Å². The summed E-state index contributed by atoms with van der Waals surface area (Å²) >= 11 is 0. The van der Waals surface area contributed by atoms with Crippen molar-refractivity contribution >= 4 is 17.6 Å². The van der Waals surface area contributed by atoms with Crippen LogP contribution in [-0.2, 0) is 17.9 Å². The Morgan fingerprint density at radius 2 is 1.67 bits per heavy atom. The maximum absolute atomic E-state index is 12.2. The summed E-state index contributed by atoms with van der Waals surface area (Å²) in [6.07, 6.45) is 2.55. The molecule has 176 valence electrons. The molecule has 0 spiro atoms. The summed E-state index contributed by atoms with van der Waals surface area (Å²) in [5.74, 6) is 0.232. The van der Waals surface area contributed by atoms with Crippen molar-refractivity contribution in [1.82, 2.24) is 20.4 Å². The molecule has 3 amide bonds. The van der Waals surface area contributed by atoms with Gasteiger partial charge in [-0.2, -0.15) is 0 Å². The zero-order valence-electron chi connectivity index (χ0n) is 19.3. The van der Waals surface area contributed by atoms with Crippen molar-refractivity contribution in [2.75, 3.05) is 50.7 Å². The van der Waals surface area contributed by atoms with Crippen LogP contribution in [0.3, 0.4) is 0 Å². The van der Waals surface area contributed by atoms with Crippen LogP contribution in [0.5, 0.6) is 0 Å². The van der Waals surface area contributed by atoms with E-state index in [9.17, 15) is 9.59 Å². The molecule has 0 bridgehead atoms. The highest BCUT2D eigenvalue weighted by Gasteiger charge is 2.20. The topological polar surface area (TPSA) is 67.9 Å². The van der Waals surface area contributed by atoms with Crippen LogP contribution >= 0.6 is 0 Å². The largest absolute Gasteiger partial charge is 0.369 e. The molecule has 2 fully saturated rings. The molecule has 0 saturated carbocycles. The van der Waals surface area contributed by atoms with Crippen LogP contribution in [0.25, 0.3) is 0 Å². The first-order valence-corrected chi connectivity index (χ1v) is 12.1. The van der Waals surface area contributed by atoms with E-state index in [1.54, 1.807) is 0 Å². The Bertz CT molecular complexity index is 912. The number of hydrogen-bond acceptors (Lipinski definition) is 4. The molecule has 4 rings (SSSR count). The van der Waals surface area contributed by atoms with E-state index in [0.717, 1.165) is 63.2 Å². The van der Waals surface area contributed by atoms with Crippen molar-refractivity contribution in [2.24, 2.45) is 0 Å². The van der Waals surface area contributed by atoms with Gasteiger partial charge in [0.1, 0.15) is 0 Å². The van der Waals surface area contributed by atoms with Gasteiger partial charge >= 0.3 is 6.03 Å². The number of carbonyl (C=O) groups is 2. The molecule has 33 heavy (non-hydrogen) atoms. The van der Waals surface area contributed by atoms with E-state index in [1.165, 1.54) is 5.69 Å². The number of piperazine rings is 1. The third kappa shape index (κ3) is 6.96. The second-order valence-corrected chi connectivity index (χ2v) is 8.87. The lowest BCUT2D eigenvalue weighted by molar-refractivity contribution is -0.128. The zero-order valence-corrected chi connectivity index (χ0v) is 19.3. The number of likely N-dealkylation sites (tertiary alicyclic amines) is 1. The SMILES string of the molecule is O=C(NCCCN1CCN(c2ccccc2)CC1)NCc1cccc(CN2CCCC2=O)c1. The second-order valence-electron chi connectivity index (χ2n) is 8.87. The minimum absolute atomic E-state index is 0.135. The van der Waals surface area contributed by atoms with Gasteiger partial charge in [-0.3, -0.25) is 9.69 Å². The molecule has 0 aromatic heterocycles. The van der Waals surface area contributed by atoms with Gasteiger partial charge in [-0.05, 0) is 42.6 Å². The number of nitrogens with one attached hydrogen (secondary N) is 2. The summed E-state index contributed by atoms with van der Waals surface area (Å²) in [4.78, 5) is 30.8. The van der Waals surface area contributed by atoms with Crippen LogP contribution in [0.1, 0.15) is 30.4 Å². The zero-order chi connectivity index (χ0) is 22.9. The summed E-state index contributed by atoms with van der Waals surface area (Å²) in [5.41, 5.74) is 3.45. The van der Waals surface area contributed by atoms with Gasteiger partial charge in [-0.25, -0.2) is 4.79 Å². The van der Waals surface area contributed by atoms with Crippen molar-refractivity contribution in [1.29, 1.82) is 0 Å². The minimum atomic E-state index is -0.135. The maximum atomic E-state index is 12.2. The van der Waals surface area contributed by atoms with Gasteiger partial charge in [-0.15, -0.1) is 0 Å². The number of amides is 3. The van der Waals surface area contributed by atoms with Crippen LogP contribution < -0.4 is 15.5 Å². The Morgan fingerprint density at radius 3 is 2.42 bits per heavy atom. The molecular formula is C26H35N5O2. The van der Waals surface area contributed by atoms with E-state index in [-0.39, 0.29) is 11.9 Å². The number of anilines is 1. The van der Waals surface area contributed by atoms with Crippen molar-refractivity contribution < 1.29 is 9.59 Å². The van der Waals surface area contributed by atoms with E-state index in [4.69, 9.17) is 0 Å². The van der Waals surface area contributed by atoms with Gasteiger partial charge in [0.05, 0.1) is 0 Å². The summed E-state index contributed by atoms with van der Waals surface area (Å²) in [5, 5.41) is 5.91. The fourth-order valence-electron chi connectivity index (χ4n) is 4.55. The molecule has 2 N–H and O–H groups in total. The number of carbonyl (C=O) groups excluding carboxylic acids is 2. The Labute approximate surface area is 196 Å². The first-order valence-electron chi connectivity index (χ1n) is 12.1. The van der Waals surface area contributed by atoms with Gasteiger partial charge in [-0.1, -0.05) is 42.5 Å². The van der Waals surface area contributed by atoms with E-state index in [0.29, 0.717) is 26.1 Å². The molecule has 2 aromatic rings. The second kappa shape index (κ2) is 11.7. The highest BCUT2D eigenvalue weighted by molar-refractivity contribution is 5.78. The summed E-state index contributed by atoms with van der Waals surface area (Å²) in [6.45, 7) is 7.84. The summed E-state index contributed by atoms with van der Waals surface area (Å²) in [6, 6.07) is 18.5. The Morgan fingerprint density at radius 1 is 0.879 bits per heavy atom. The number of hydrogen-bond donors (Lipinski definition) is 2. The van der Waals surface area contributed by atoms with Crippen LogP contribution in [-0.4, -0.2) is 67.6 Å². The van der Waals surface area contributed by atoms with Crippen molar-refractivity contribution in [3.63, 3.8) is 0 Å². The fourth-order valence-corrected chi connectivity index (χ4v) is 4.55. The average molecular weight is 450 g/mol. The third-order valence-corrected chi connectivity index (χ3v) is 6.42. The van der Waals surface area contributed by atoms with Crippen LogP contribution in [0, 0.1) is 0 Å². The molecule has 0 radical (unpaired) electrons. The summed E-state index contributed by atoms with van der Waals surface area (Å²) in [7, 11) is 0. The number of urea groups is 1. The van der Waals surface area contributed by atoms with E-state index in [1.807, 2.05) is 23.1 Å². The molecule has 2 aliphatic heterocycles. The van der Waals surface area contributed by atoms with E-state index < -0.39 is 0 Å². The Balaban J connectivity index is 1.09. The number of nitrogens with zero attached hydrogens (tertiary/aromatic N) is 3. The molecule has 7 nitrogen and oxygen atoms in total. The third-order valence-electron chi connectivity index (χ3n) is 6.42. The molecule has 2 heterocycles. The average Bonchev–Trinajstić information content (AvgIpc) is 3.26. The lowest BCUT2D eigenvalue weighted by Gasteiger charge is -2.36. The Hall–Kier alpha value is -3.06. The highest BCUT2D eigenvalue weighted by atomic mass is 16.2. The maximum Gasteiger partial charge on any atom is 0.315 e. The van der Waals surface area contributed by atoms with Gasteiger partial charge in [0, 0.05) is 64.5 Å². The molecule has 2 aromatic carbocycles. The first kappa shape index (κ1) is 23.1. The number of rotatable bonds is 9. The van der Waals surface area contributed by atoms with E-state index >= 15 is 0 Å². The van der Waals surface area contributed by atoms with Gasteiger partial charge in [0.25, 0.3) is 0 Å². The van der Waals surface area contributed by atoms with Crippen LogP contribution in [0.15, 0.2) is 54.6 Å². The van der Waals surface area contributed by atoms with Crippen LogP contribution in [0.2, 0.25) is 0 Å². The molecule has 0 aliphatic carbocycles. The smallest absolute Gasteiger partial charge is 0.315 e. The lowest BCUT2D eigenvalue weighted by Crippen LogP contribution is -2.47. The summed E-state index contributed by atoms with van der Waals surface area (Å²) < 4.78 is 0. The fraction of sp³-hybridized carbons (Fsp3) is 0.462. The van der Waals surface area contributed by atoms with Crippen molar-refractivity contribution in [3.05, 3.63) is 65.7 Å². The normalized spacial score (nSPS) is 16.8.